The molecule has 0 aliphatic carbocycles. The molecule has 0 saturated heterocycles. The lowest BCUT2D eigenvalue weighted by Crippen LogP contribution is -2.48. The number of nitrogens with one attached hydrogen (secondary N) is 1. The Hall–Kier alpha value is -1.99. The number of rotatable bonds is 4. The van der Waals surface area contributed by atoms with Crippen molar-refractivity contribution in [3.8, 4) is 0 Å². The van der Waals surface area contributed by atoms with Crippen molar-refractivity contribution in [3.05, 3.63) is 23.3 Å². The van der Waals surface area contributed by atoms with Crippen molar-refractivity contribution < 1.29 is 19.4 Å². The number of anilines is 1. The molecule has 0 spiro atoms. The molecule has 6 nitrogen and oxygen atoms in total. The predicted molar refractivity (Wildman–Crippen MR) is 80.8 cm³/mol. The number of methoxy groups -OCH3 is 1. The number of fused-ring (bicyclic) bond motifs is 1. The Labute approximate surface area is 125 Å². The Morgan fingerprint density at radius 1 is 1.33 bits per heavy atom. The molecule has 1 aromatic heterocycles. The molecule has 0 aliphatic rings. The number of aromatic nitrogens is 1. The Morgan fingerprint density at radius 3 is 2.48 bits per heavy atom. The summed E-state index contributed by atoms with van der Waals surface area (Å²) < 4.78 is 5.79. The van der Waals surface area contributed by atoms with E-state index >= 15 is 0 Å². The molecule has 2 N–H and O–H groups in total. The summed E-state index contributed by atoms with van der Waals surface area (Å²) in [5, 5.41) is 12.0. The molecule has 1 amide bonds. The highest BCUT2D eigenvalue weighted by Gasteiger charge is 2.42. The van der Waals surface area contributed by atoms with E-state index in [1.54, 1.807) is 0 Å². The highest BCUT2D eigenvalue weighted by Crippen LogP contribution is 2.31. The van der Waals surface area contributed by atoms with E-state index in [0.29, 0.717) is 5.13 Å². The zero-order valence-corrected chi connectivity index (χ0v) is 13.0. The van der Waals surface area contributed by atoms with Gasteiger partial charge in [-0.05, 0) is 31.9 Å². The summed E-state index contributed by atoms with van der Waals surface area (Å²) >= 11 is 1.31. The Bertz CT molecular complexity index is 686. The summed E-state index contributed by atoms with van der Waals surface area (Å²) in [6.45, 7) is 5.10. The number of thiazole rings is 1. The van der Waals surface area contributed by atoms with Crippen LogP contribution in [0.25, 0.3) is 10.2 Å². The number of carboxylic acid groups (broad SMARTS) is 1. The summed E-state index contributed by atoms with van der Waals surface area (Å²) in [4.78, 5) is 27.6. The number of aliphatic carboxylic acids is 1. The zero-order chi connectivity index (χ0) is 15.8. The van der Waals surface area contributed by atoms with E-state index < -0.39 is 17.5 Å². The van der Waals surface area contributed by atoms with Crippen LogP contribution in [-0.4, -0.2) is 34.7 Å². The molecular weight excluding hydrogens is 292 g/mol. The van der Waals surface area contributed by atoms with Crippen LogP contribution < -0.4 is 5.32 Å². The summed E-state index contributed by atoms with van der Waals surface area (Å²) in [5.41, 5.74) is 0.924. The van der Waals surface area contributed by atoms with E-state index in [2.05, 4.69) is 10.3 Å². The van der Waals surface area contributed by atoms with Crippen LogP contribution >= 0.6 is 11.3 Å². The van der Waals surface area contributed by atoms with Gasteiger partial charge >= 0.3 is 5.97 Å². The van der Waals surface area contributed by atoms with Crippen molar-refractivity contribution in [2.75, 3.05) is 12.4 Å². The number of carbonyl (C=O) groups is 2. The van der Waals surface area contributed by atoms with Crippen LogP contribution in [0.5, 0.6) is 0 Å². The zero-order valence-electron chi connectivity index (χ0n) is 12.2. The smallest absolute Gasteiger partial charge is 0.345 e. The first-order valence-corrected chi connectivity index (χ1v) is 7.08. The van der Waals surface area contributed by atoms with E-state index in [9.17, 15) is 9.59 Å². The van der Waals surface area contributed by atoms with Crippen LogP contribution in [0.1, 0.15) is 18.1 Å². The third kappa shape index (κ3) is 2.62. The average molecular weight is 308 g/mol. The number of amides is 1. The van der Waals surface area contributed by atoms with Crippen molar-refractivity contribution in [1.82, 2.24) is 4.98 Å². The summed E-state index contributed by atoms with van der Waals surface area (Å²) in [6, 6.07) is 3.94. The van der Waals surface area contributed by atoms with E-state index in [-0.39, 0.29) is 0 Å². The minimum absolute atomic E-state index is 0.358. The lowest BCUT2D eigenvalue weighted by Gasteiger charge is -2.20. The number of aryl methyl sites for hydroxylation is 2. The quantitative estimate of drug-likeness (QED) is 0.846. The molecule has 1 atom stereocenters. The topological polar surface area (TPSA) is 88.5 Å². The lowest BCUT2D eigenvalue weighted by atomic mass is 10.1. The molecule has 2 aromatic rings. The highest BCUT2D eigenvalue weighted by molar-refractivity contribution is 7.22. The molecule has 0 saturated carbocycles. The number of ether oxygens (including phenoxy) is 1. The summed E-state index contributed by atoms with van der Waals surface area (Å²) in [7, 11) is 1.18. The van der Waals surface area contributed by atoms with E-state index in [0.717, 1.165) is 21.3 Å². The maximum absolute atomic E-state index is 12.1. The minimum Gasteiger partial charge on any atom is -0.479 e. The second kappa shape index (κ2) is 5.42. The van der Waals surface area contributed by atoms with Gasteiger partial charge in [0.2, 0.25) is 5.60 Å². The number of nitrogens with zero attached hydrogens (tertiary/aromatic N) is 1. The molecule has 0 aliphatic heterocycles. The fourth-order valence-corrected chi connectivity index (χ4v) is 2.81. The van der Waals surface area contributed by atoms with E-state index in [4.69, 9.17) is 9.84 Å². The third-order valence-corrected chi connectivity index (χ3v) is 4.52. The SMILES string of the molecule is COC(C)(C(=O)O)C(=O)Nc1nc2c(C)ccc(C)c2s1. The Morgan fingerprint density at radius 2 is 1.95 bits per heavy atom. The molecule has 1 heterocycles. The third-order valence-electron chi connectivity index (χ3n) is 3.41. The van der Waals surface area contributed by atoms with Gasteiger partial charge in [-0.3, -0.25) is 10.1 Å². The molecule has 21 heavy (non-hydrogen) atoms. The van der Waals surface area contributed by atoms with Crippen molar-refractivity contribution in [1.29, 1.82) is 0 Å². The van der Waals surface area contributed by atoms with E-state index in [1.165, 1.54) is 25.4 Å². The van der Waals surface area contributed by atoms with Gasteiger partial charge in [-0.15, -0.1) is 0 Å². The van der Waals surface area contributed by atoms with E-state index in [1.807, 2.05) is 26.0 Å². The van der Waals surface area contributed by atoms with Gasteiger partial charge in [-0.25, -0.2) is 9.78 Å². The van der Waals surface area contributed by atoms with Gasteiger partial charge in [-0.1, -0.05) is 23.5 Å². The van der Waals surface area contributed by atoms with Crippen molar-refractivity contribution >= 4 is 38.6 Å². The van der Waals surface area contributed by atoms with Gasteiger partial charge in [0.1, 0.15) is 0 Å². The molecular formula is C14H16N2O4S. The minimum atomic E-state index is -1.94. The Kier molecular flexibility index (Phi) is 3.97. The van der Waals surface area contributed by atoms with Crippen LogP contribution in [0, 0.1) is 13.8 Å². The monoisotopic (exact) mass is 308 g/mol. The van der Waals surface area contributed by atoms with Crippen LogP contribution in [0.3, 0.4) is 0 Å². The second-order valence-corrected chi connectivity index (χ2v) is 5.89. The second-order valence-electron chi connectivity index (χ2n) is 4.89. The molecule has 2 rings (SSSR count). The standard InChI is InChI=1S/C14H16N2O4S/c1-7-5-6-8(2)10-9(7)15-13(21-10)16-11(17)14(3,20-4)12(18)19/h5-6H,1-4H3,(H,18,19)(H,15,16,17). The first-order chi connectivity index (χ1) is 9.79. The molecule has 0 radical (unpaired) electrons. The molecule has 1 aromatic carbocycles. The van der Waals surface area contributed by atoms with Crippen molar-refractivity contribution in [2.24, 2.45) is 0 Å². The van der Waals surface area contributed by atoms with Gasteiger partial charge in [0, 0.05) is 7.11 Å². The van der Waals surface area contributed by atoms with Gasteiger partial charge < -0.3 is 9.84 Å². The van der Waals surface area contributed by atoms with Gasteiger partial charge in [0.05, 0.1) is 10.2 Å². The molecule has 0 fully saturated rings. The summed E-state index contributed by atoms with van der Waals surface area (Å²) in [6.07, 6.45) is 0. The maximum atomic E-state index is 12.1. The van der Waals surface area contributed by atoms with Crippen molar-refractivity contribution in [2.45, 2.75) is 26.4 Å². The van der Waals surface area contributed by atoms with Crippen LogP contribution in [0.4, 0.5) is 5.13 Å². The van der Waals surface area contributed by atoms with Crippen LogP contribution in [0.15, 0.2) is 12.1 Å². The molecule has 112 valence electrons. The predicted octanol–water partition coefficient (Wildman–Crippen LogP) is 2.34. The Balaban J connectivity index is 2.37. The highest BCUT2D eigenvalue weighted by atomic mass is 32.1. The van der Waals surface area contributed by atoms with Crippen LogP contribution in [-0.2, 0) is 14.3 Å². The largest absolute Gasteiger partial charge is 0.479 e. The molecule has 7 heteroatoms. The van der Waals surface area contributed by atoms with Gasteiger partial charge in [0.15, 0.2) is 5.13 Å². The van der Waals surface area contributed by atoms with Crippen molar-refractivity contribution in [3.63, 3.8) is 0 Å². The molecule has 0 bridgehead atoms. The summed E-state index contributed by atoms with van der Waals surface area (Å²) in [5.74, 6) is -2.11. The lowest BCUT2D eigenvalue weighted by molar-refractivity contribution is -0.165. The number of benzene rings is 1. The number of carboxylic acids is 1. The fraction of sp³-hybridized carbons (Fsp3) is 0.357. The number of hydrogen-bond acceptors (Lipinski definition) is 5. The average Bonchev–Trinajstić information content (AvgIpc) is 2.86. The fourth-order valence-electron chi connectivity index (χ4n) is 1.81. The van der Waals surface area contributed by atoms with Gasteiger partial charge in [-0.2, -0.15) is 0 Å². The van der Waals surface area contributed by atoms with Crippen LogP contribution in [0.2, 0.25) is 0 Å². The molecule has 1 unspecified atom stereocenters. The number of carbonyl (C=O) groups excluding carboxylic acids is 1. The van der Waals surface area contributed by atoms with Gasteiger partial charge in [0.25, 0.3) is 5.91 Å². The number of hydrogen-bond donors (Lipinski definition) is 2. The first kappa shape index (κ1) is 15.4. The first-order valence-electron chi connectivity index (χ1n) is 6.26. The normalized spacial score (nSPS) is 13.9. The maximum Gasteiger partial charge on any atom is 0.345 e.